The third kappa shape index (κ3) is 7.74. The SMILES string of the molecule is CCNC(=NCc1ccc(S(C)(=O)=O)c(C)c1)NCC(C)(C)CN(C)C. The van der Waals surface area contributed by atoms with Crippen LogP contribution in [0.4, 0.5) is 0 Å². The molecule has 0 fully saturated rings. The van der Waals surface area contributed by atoms with Crippen molar-refractivity contribution in [3.8, 4) is 0 Å². The van der Waals surface area contributed by atoms with Crippen LogP contribution in [0, 0.1) is 12.3 Å². The number of aryl methyl sites for hydroxylation is 1. The van der Waals surface area contributed by atoms with E-state index in [0.717, 1.165) is 36.7 Å². The van der Waals surface area contributed by atoms with E-state index in [1.807, 2.05) is 26.0 Å². The Kier molecular flexibility index (Phi) is 8.09. The van der Waals surface area contributed by atoms with Crippen LogP contribution in [0.1, 0.15) is 31.9 Å². The van der Waals surface area contributed by atoms with E-state index in [4.69, 9.17) is 0 Å². The van der Waals surface area contributed by atoms with Crippen molar-refractivity contribution < 1.29 is 8.42 Å². The lowest BCUT2D eigenvalue weighted by atomic mass is 9.93. The Morgan fingerprint density at radius 3 is 2.38 bits per heavy atom. The molecule has 0 bridgehead atoms. The first-order valence-electron chi connectivity index (χ1n) is 8.91. The number of hydrogen-bond donors (Lipinski definition) is 2. The van der Waals surface area contributed by atoms with Gasteiger partial charge in [0.05, 0.1) is 11.4 Å². The molecule has 0 radical (unpaired) electrons. The number of guanidine groups is 1. The van der Waals surface area contributed by atoms with Crippen molar-refractivity contribution in [2.24, 2.45) is 10.4 Å². The topological polar surface area (TPSA) is 73.8 Å². The van der Waals surface area contributed by atoms with E-state index in [1.54, 1.807) is 6.07 Å². The molecule has 0 heterocycles. The average molecular weight is 383 g/mol. The van der Waals surface area contributed by atoms with Gasteiger partial charge in [-0.1, -0.05) is 26.0 Å². The van der Waals surface area contributed by atoms with Crippen molar-refractivity contribution in [2.45, 2.75) is 39.1 Å². The van der Waals surface area contributed by atoms with Crippen LogP contribution >= 0.6 is 0 Å². The Morgan fingerprint density at radius 2 is 1.88 bits per heavy atom. The molecule has 6 nitrogen and oxygen atoms in total. The fraction of sp³-hybridized carbons (Fsp3) is 0.632. The van der Waals surface area contributed by atoms with Gasteiger partial charge in [-0.25, -0.2) is 13.4 Å². The minimum Gasteiger partial charge on any atom is -0.357 e. The molecule has 1 aromatic carbocycles. The summed E-state index contributed by atoms with van der Waals surface area (Å²) in [6, 6.07) is 5.38. The first-order chi connectivity index (χ1) is 11.9. The van der Waals surface area contributed by atoms with E-state index >= 15 is 0 Å². The fourth-order valence-corrected chi connectivity index (χ4v) is 3.93. The van der Waals surface area contributed by atoms with Crippen LogP contribution in [-0.2, 0) is 16.4 Å². The number of nitrogens with one attached hydrogen (secondary N) is 2. The molecule has 0 atom stereocenters. The highest BCUT2D eigenvalue weighted by atomic mass is 32.2. The van der Waals surface area contributed by atoms with E-state index in [9.17, 15) is 8.42 Å². The number of nitrogens with zero attached hydrogens (tertiary/aromatic N) is 2. The first-order valence-corrected chi connectivity index (χ1v) is 10.8. The van der Waals surface area contributed by atoms with E-state index in [2.05, 4.69) is 48.5 Å². The summed E-state index contributed by atoms with van der Waals surface area (Å²) in [5.41, 5.74) is 1.86. The molecule has 0 aliphatic heterocycles. The van der Waals surface area contributed by atoms with Crippen molar-refractivity contribution in [3.63, 3.8) is 0 Å². The lowest BCUT2D eigenvalue weighted by Crippen LogP contribution is -2.44. The summed E-state index contributed by atoms with van der Waals surface area (Å²) >= 11 is 0. The third-order valence-electron chi connectivity index (χ3n) is 3.88. The van der Waals surface area contributed by atoms with Gasteiger partial charge in [-0.3, -0.25) is 0 Å². The number of benzene rings is 1. The van der Waals surface area contributed by atoms with Gasteiger partial charge in [-0.05, 0) is 50.6 Å². The molecular formula is C19H34N4O2S. The van der Waals surface area contributed by atoms with E-state index in [1.165, 1.54) is 6.26 Å². The molecule has 0 unspecified atom stereocenters. The molecule has 1 rings (SSSR count). The Balaban J connectivity index is 2.82. The number of aliphatic imine (C=N–C) groups is 1. The zero-order valence-corrected chi connectivity index (χ0v) is 18.0. The summed E-state index contributed by atoms with van der Waals surface area (Å²) in [7, 11) is 0.956. The largest absolute Gasteiger partial charge is 0.357 e. The molecule has 0 aliphatic carbocycles. The van der Waals surface area contributed by atoms with Gasteiger partial charge in [0.1, 0.15) is 0 Å². The Morgan fingerprint density at radius 1 is 1.23 bits per heavy atom. The van der Waals surface area contributed by atoms with Crippen molar-refractivity contribution in [3.05, 3.63) is 29.3 Å². The van der Waals surface area contributed by atoms with Crippen LogP contribution in [-0.4, -0.2) is 59.3 Å². The highest BCUT2D eigenvalue weighted by Crippen LogP contribution is 2.17. The van der Waals surface area contributed by atoms with E-state index in [-0.39, 0.29) is 5.41 Å². The molecule has 2 N–H and O–H groups in total. The molecule has 26 heavy (non-hydrogen) atoms. The van der Waals surface area contributed by atoms with Crippen molar-refractivity contribution in [1.29, 1.82) is 0 Å². The van der Waals surface area contributed by atoms with Crippen molar-refractivity contribution in [2.75, 3.05) is 40.0 Å². The maximum atomic E-state index is 11.7. The highest BCUT2D eigenvalue weighted by Gasteiger charge is 2.19. The Labute approximate surface area is 159 Å². The van der Waals surface area contributed by atoms with Crippen LogP contribution in [0.15, 0.2) is 28.1 Å². The second-order valence-electron chi connectivity index (χ2n) is 7.82. The number of sulfone groups is 1. The predicted octanol–water partition coefficient (Wildman–Crippen LogP) is 2.04. The summed E-state index contributed by atoms with van der Waals surface area (Å²) < 4.78 is 23.4. The van der Waals surface area contributed by atoms with Gasteiger partial charge >= 0.3 is 0 Å². The summed E-state index contributed by atoms with van der Waals surface area (Å²) in [5, 5.41) is 6.66. The van der Waals surface area contributed by atoms with Gasteiger partial charge < -0.3 is 15.5 Å². The van der Waals surface area contributed by atoms with Gasteiger partial charge in [-0.2, -0.15) is 0 Å². The van der Waals surface area contributed by atoms with Gasteiger partial charge in [0.25, 0.3) is 0 Å². The molecule has 1 aromatic rings. The lowest BCUT2D eigenvalue weighted by molar-refractivity contribution is 0.241. The van der Waals surface area contributed by atoms with E-state index in [0.29, 0.717) is 11.4 Å². The Bertz CT molecular complexity index is 725. The van der Waals surface area contributed by atoms with Gasteiger partial charge in [0, 0.05) is 25.9 Å². The van der Waals surface area contributed by atoms with Crippen molar-refractivity contribution >= 4 is 15.8 Å². The van der Waals surface area contributed by atoms with Gasteiger partial charge in [-0.15, -0.1) is 0 Å². The maximum Gasteiger partial charge on any atom is 0.191 e. The minimum atomic E-state index is -3.19. The molecule has 0 aromatic heterocycles. The summed E-state index contributed by atoms with van der Waals surface area (Å²) in [5.74, 6) is 0.768. The normalized spacial score (nSPS) is 13.2. The predicted molar refractivity (Wildman–Crippen MR) is 109 cm³/mol. The van der Waals surface area contributed by atoms with Crippen LogP contribution in [0.25, 0.3) is 0 Å². The number of hydrogen-bond acceptors (Lipinski definition) is 4. The van der Waals surface area contributed by atoms with Gasteiger partial charge in [0.2, 0.25) is 0 Å². The third-order valence-corrected chi connectivity index (χ3v) is 5.14. The van der Waals surface area contributed by atoms with Crippen LogP contribution in [0.3, 0.4) is 0 Å². The smallest absolute Gasteiger partial charge is 0.191 e. The first kappa shape index (κ1) is 22.4. The van der Waals surface area contributed by atoms with Crippen LogP contribution < -0.4 is 10.6 Å². The second-order valence-corrected chi connectivity index (χ2v) is 9.81. The average Bonchev–Trinajstić information content (AvgIpc) is 2.47. The lowest BCUT2D eigenvalue weighted by Gasteiger charge is -2.29. The monoisotopic (exact) mass is 382 g/mol. The van der Waals surface area contributed by atoms with Crippen molar-refractivity contribution in [1.82, 2.24) is 15.5 Å². The quantitative estimate of drug-likeness (QED) is 0.532. The Hall–Kier alpha value is -1.60. The number of rotatable bonds is 8. The summed E-state index contributed by atoms with van der Waals surface area (Å²) in [6.07, 6.45) is 1.23. The summed E-state index contributed by atoms with van der Waals surface area (Å²) in [4.78, 5) is 7.18. The molecule has 0 saturated carbocycles. The van der Waals surface area contributed by atoms with Crippen LogP contribution in [0.2, 0.25) is 0 Å². The maximum absolute atomic E-state index is 11.7. The molecule has 0 saturated heterocycles. The zero-order valence-electron chi connectivity index (χ0n) is 17.2. The van der Waals surface area contributed by atoms with Gasteiger partial charge in [0.15, 0.2) is 15.8 Å². The summed E-state index contributed by atoms with van der Waals surface area (Å²) in [6.45, 7) is 11.4. The molecule has 7 heteroatoms. The molecule has 0 aliphatic rings. The van der Waals surface area contributed by atoms with E-state index < -0.39 is 9.84 Å². The van der Waals surface area contributed by atoms with Crippen LogP contribution in [0.5, 0.6) is 0 Å². The fourth-order valence-electron chi connectivity index (χ4n) is 2.97. The second kappa shape index (κ2) is 9.37. The molecular weight excluding hydrogens is 348 g/mol. The minimum absolute atomic E-state index is 0.118. The molecule has 0 spiro atoms. The molecule has 0 amide bonds. The zero-order chi connectivity index (χ0) is 20.0. The molecule has 148 valence electrons. The standard InChI is InChI=1S/C19H34N4O2S/c1-8-20-18(22-13-19(3,4)14-23(5)6)21-12-16-9-10-17(15(2)11-16)26(7,24)25/h9-11H,8,12-14H2,1-7H3,(H2,20,21,22). The highest BCUT2D eigenvalue weighted by molar-refractivity contribution is 7.90.